The van der Waals surface area contributed by atoms with Crippen LogP contribution in [0.2, 0.25) is 0 Å². The van der Waals surface area contributed by atoms with E-state index in [0.717, 1.165) is 17.3 Å². The molecule has 7 heteroatoms. The molecule has 0 aliphatic carbocycles. The third kappa shape index (κ3) is 3.34. The molecule has 0 amide bonds. The van der Waals surface area contributed by atoms with Gasteiger partial charge in [0.15, 0.2) is 5.65 Å². The number of benzene rings is 3. The highest BCUT2D eigenvalue weighted by atomic mass is 19.1. The Labute approximate surface area is 176 Å². The number of halogens is 2. The summed E-state index contributed by atoms with van der Waals surface area (Å²) in [4.78, 5) is 17.7. The van der Waals surface area contributed by atoms with Gasteiger partial charge in [0.1, 0.15) is 11.6 Å². The average Bonchev–Trinajstić information content (AvgIpc) is 3.09. The second-order valence-electron chi connectivity index (χ2n) is 7.38. The maximum Gasteiger partial charge on any atom is 0.280 e. The minimum absolute atomic E-state index is 0.186. The summed E-state index contributed by atoms with van der Waals surface area (Å²) in [6, 6.07) is 18.6. The predicted molar refractivity (Wildman–Crippen MR) is 117 cm³/mol. The maximum absolute atomic E-state index is 14.5. The van der Waals surface area contributed by atoms with Crippen molar-refractivity contribution in [1.29, 1.82) is 0 Å². The smallest absolute Gasteiger partial charge is 0.280 e. The summed E-state index contributed by atoms with van der Waals surface area (Å²) in [6.07, 6.45) is 0. The van der Waals surface area contributed by atoms with Gasteiger partial charge in [-0.1, -0.05) is 24.3 Å². The van der Waals surface area contributed by atoms with Crippen LogP contribution in [0.1, 0.15) is 11.3 Å². The number of H-pyrrole nitrogens is 1. The fourth-order valence-electron chi connectivity index (χ4n) is 3.78. The first-order valence-corrected chi connectivity index (χ1v) is 9.79. The summed E-state index contributed by atoms with van der Waals surface area (Å²) in [6.45, 7) is 2.29. The van der Waals surface area contributed by atoms with E-state index in [1.54, 1.807) is 13.0 Å². The van der Waals surface area contributed by atoms with Crippen molar-refractivity contribution in [3.8, 4) is 11.1 Å². The Hall–Kier alpha value is -4.00. The molecule has 0 bridgehead atoms. The van der Waals surface area contributed by atoms with E-state index in [2.05, 4.69) is 15.4 Å². The van der Waals surface area contributed by atoms with Crippen molar-refractivity contribution in [1.82, 2.24) is 14.6 Å². The molecular formula is C24H18F2N4O. The van der Waals surface area contributed by atoms with E-state index in [4.69, 9.17) is 0 Å². The van der Waals surface area contributed by atoms with Gasteiger partial charge < -0.3 is 5.32 Å². The number of anilines is 1. The molecule has 5 aromatic rings. The molecule has 0 fully saturated rings. The summed E-state index contributed by atoms with van der Waals surface area (Å²) < 4.78 is 29.2. The first-order valence-electron chi connectivity index (χ1n) is 9.79. The van der Waals surface area contributed by atoms with E-state index < -0.39 is 11.6 Å². The van der Waals surface area contributed by atoms with Gasteiger partial charge in [0, 0.05) is 35.1 Å². The molecule has 0 aliphatic heterocycles. The van der Waals surface area contributed by atoms with Gasteiger partial charge in [-0.05, 0) is 48.9 Å². The molecule has 0 unspecified atom stereocenters. The Balaban J connectivity index is 1.63. The Bertz CT molecular complexity index is 1490. The van der Waals surface area contributed by atoms with Crippen molar-refractivity contribution < 1.29 is 8.78 Å². The first kappa shape index (κ1) is 19.0. The summed E-state index contributed by atoms with van der Waals surface area (Å²) >= 11 is 0. The zero-order valence-corrected chi connectivity index (χ0v) is 16.6. The summed E-state index contributed by atoms with van der Waals surface area (Å²) in [5.41, 5.74) is 3.66. The number of fused-ring (bicyclic) bond motifs is 2. The van der Waals surface area contributed by atoms with Gasteiger partial charge in [0.25, 0.3) is 5.56 Å². The lowest BCUT2D eigenvalue weighted by molar-refractivity contribution is 0.585. The number of hydrogen-bond donors (Lipinski definition) is 2. The lowest BCUT2D eigenvalue weighted by Gasteiger charge is -2.08. The fraction of sp³-hybridized carbons (Fsp3) is 0.0833. The second-order valence-corrected chi connectivity index (χ2v) is 7.38. The predicted octanol–water partition coefficient (Wildman–Crippen LogP) is 5.04. The summed E-state index contributed by atoms with van der Waals surface area (Å²) in [5, 5.41) is 6.74. The van der Waals surface area contributed by atoms with Gasteiger partial charge in [0.05, 0.1) is 10.9 Å². The number of hydrogen-bond acceptors (Lipinski definition) is 3. The fourth-order valence-corrected chi connectivity index (χ4v) is 3.78. The minimum Gasteiger partial charge on any atom is -0.381 e. The zero-order valence-electron chi connectivity index (χ0n) is 16.6. The zero-order chi connectivity index (χ0) is 21.5. The van der Waals surface area contributed by atoms with Crippen molar-refractivity contribution >= 4 is 22.2 Å². The summed E-state index contributed by atoms with van der Waals surface area (Å²) in [7, 11) is 0. The van der Waals surface area contributed by atoms with Gasteiger partial charge in [0.2, 0.25) is 0 Å². The van der Waals surface area contributed by atoms with E-state index in [1.807, 2.05) is 42.5 Å². The van der Waals surface area contributed by atoms with Crippen LogP contribution in [-0.4, -0.2) is 14.6 Å². The lowest BCUT2D eigenvalue weighted by atomic mass is 10.1. The molecule has 0 saturated carbocycles. The van der Waals surface area contributed by atoms with Crippen LogP contribution in [0, 0.1) is 18.6 Å². The molecule has 31 heavy (non-hydrogen) atoms. The van der Waals surface area contributed by atoms with Crippen LogP contribution in [0.3, 0.4) is 0 Å². The average molecular weight is 416 g/mol. The van der Waals surface area contributed by atoms with Crippen LogP contribution < -0.4 is 10.9 Å². The molecule has 3 aromatic carbocycles. The van der Waals surface area contributed by atoms with Crippen molar-refractivity contribution in [3.63, 3.8) is 0 Å². The van der Waals surface area contributed by atoms with Crippen LogP contribution in [0.25, 0.3) is 27.7 Å². The highest BCUT2D eigenvalue weighted by Crippen LogP contribution is 2.30. The van der Waals surface area contributed by atoms with Crippen LogP contribution in [-0.2, 0) is 6.54 Å². The van der Waals surface area contributed by atoms with E-state index in [-0.39, 0.29) is 11.1 Å². The van der Waals surface area contributed by atoms with E-state index >= 15 is 0 Å². The van der Waals surface area contributed by atoms with Crippen molar-refractivity contribution in [2.45, 2.75) is 13.5 Å². The van der Waals surface area contributed by atoms with Gasteiger partial charge in [-0.25, -0.2) is 18.3 Å². The molecule has 2 heterocycles. The standard InChI is InChI=1S/C24H18F2N4O/c1-14-22(18-10-8-16(25)12-20(18)26)23-28-21-11-15(13-27-17-5-3-2-4-6-17)7-9-19(21)24(31)30(23)29-14/h2-12,27,29H,13H2,1H3. The molecule has 0 aliphatic rings. The largest absolute Gasteiger partial charge is 0.381 e. The Kier molecular flexibility index (Phi) is 4.51. The monoisotopic (exact) mass is 416 g/mol. The first-order chi connectivity index (χ1) is 15.0. The number of aromatic amines is 1. The van der Waals surface area contributed by atoms with E-state index in [1.165, 1.54) is 16.6 Å². The minimum atomic E-state index is -0.709. The number of rotatable bonds is 4. The lowest BCUT2D eigenvalue weighted by Crippen LogP contribution is -2.15. The quantitative estimate of drug-likeness (QED) is 0.431. The highest BCUT2D eigenvalue weighted by Gasteiger charge is 2.19. The Morgan fingerprint density at radius 1 is 1.03 bits per heavy atom. The number of para-hydroxylation sites is 1. The molecule has 2 aromatic heterocycles. The van der Waals surface area contributed by atoms with E-state index in [9.17, 15) is 13.6 Å². The van der Waals surface area contributed by atoms with Gasteiger partial charge in [-0.15, -0.1) is 0 Å². The molecule has 0 spiro atoms. The normalized spacial score (nSPS) is 11.3. The van der Waals surface area contributed by atoms with Gasteiger partial charge in [-0.3, -0.25) is 9.89 Å². The van der Waals surface area contributed by atoms with Crippen molar-refractivity contribution in [2.75, 3.05) is 5.32 Å². The molecular weight excluding hydrogens is 398 g/mol. The Morgan fingerprint density at radius 3 is 2.61 bits per heavy atom. The molecule has 0 radical (unpaired) electrons. The van der Waals surface area contributed by atoms with Crippen molar-refractivity contribution in [3.05, 3.63) is 100.0 Å². The molecule has 154 valence electrons. The highest BCUT2D eigenvalue weighted by molar-refractivity contribution is 5.86. The number of aromatic nitrogens is 3. The maximum atomic E-state index is 14.5. The third-order valence-electron chi connectivity index (χ3n) is 5.28. The summed E-state index contributed by atoms with van der Waals surface area (Å²) in [5.74, 6) is -1.37. The van der Waals surface area contributed by atoms with E-state index in [0.29, 0.717) is 34.4 Å². The van der Waals surface area contributed by atoms with Crippen LogP contribution >= 0.6 is 0 Å². The number of nitrogens with zero attached hydrogens (tertiary/aromatic N) is 2. The van der Waals surface area contributed by atoms with Crippen LogP contribution in [0.4, 0.5) is 14.5 Å². The Morgan fingerprint density at radius 2 is 1.84 bits per heavy atom. The topological polar surface area (TPSA) is 62.2 Å². The molecule has 0 saturated heterocycles. The molecule has 0 atom stereocenters. The van der Waals surface area contributed by atoms with Gasteiger partial charge in [-0.2, -0.15) is 0 Å². The molecule has 5 rings (SSSR count). The number of nitrogens with one attached hydrogen (secondary N) is 2. The number of aryl methyl sites for hydroxylation is 1. The molecule has 2 N–H and O–H groups in total. The third-order valence-corrected chi connectivity index (χ3v) is 5.28. The molecule has 5 nitrogen and oxygen atoms in total. The van der Waals surface area contributed by atoms with Gasteiger partial charge >= 0.3 is 0 Å². The second kappa shape index (κ2) is 7.36. The van der Waals surface area contributed by atoms with Crippen LogP contribution in [0.15, 0.2) is 71.5 Å². The van der Waals surface area contributed by atoms with Crippen molar-refractivity contribution in [2.24, 2.45) is 0 Å². The van der Waals surface area contributed by atoms with Crippen LogP contribution in [0.5, 0.6) is 0 Å². The SMILES string of the molecule is Cc1[nH]n2c(=O)c3ccc(CNc4ccccc4)cc3nc2c1-c1ccc(F)cc1F.